The van der Waals surface area contributed by atoms with Gasteiger partial charge in [-0.2, -0.15) is 12.6 Å². The van der Waals surface area contributed by atoms with Crippen molar-refractivity contribution in [1.82, 2.24) is 10.2 Å². The molecule has 1 atom stereocenters. The van der Waals surface area contributed by atoms with Crippen LogP contribution in [0.4, 0.5) is 4.79 Å². The maximum absolute atomic E-state index is 12.3. The molecule has 1 aliphatic rings. The molecule has 0 bridgehead atoms. The Bertz CT molecular complexity index is 380. The van der Waals surface area contributed by atoms with Crippen molar-refractivity contribution in [3.63, 3.8) is 0 Å². The number of ether oxygens (including phenoxy) is 1. The fraction of sp³-hybridized carbons (Fsp3) is 0.846. The van der Waals surface area contributed by atoms with Gasteiger partial charge in [-0.3, -0.25) is 4.79 Å². The molecule has 1 aliphatic heterocycles. The van der Waals surface area contributed by atoms with Crippen LogP contribution in [0.3, 0.4) is 0 Å². The summed E-state index contributed by atoms with van der Waals surface area (Å²) in [7, 11) is 0. The number of hydrogen-bond donors (Lipinski definition) is 2. The minimum atomic E-state index is -0.571. The van der Waals surface area contributed by atoms with Gasteiger partial charge < -0.3 is 15.0 Å². The normalized spacial score (nSPS) is 21.7. The van der Waals surface area contributed by atoms with Gasteiger partial charge >= 0.3 is 6.09 Å². The Morgan fingerprint density at radius 2 is 2.05 bits per heavy atom. The lowest BCUT2D eigenvalue weighted by atomic mass is 10.2. The minimum Gasteiger partial charge on any atom is -0.444 e. The standard InChI is InChI=1S/C13H24N2O3S2/c1-12(2,3)18-11(17)14-6-10(16)15-9(7-19)8-20-13(15,4)5/h9,19H,6-8H2,1-5H3,(H,14,17)/t9-/m1/s1. The number of thioether (sulfide) groups is 1. The smallest absolute Gasteiger partial charge is 0.408 e. The van der Waals surface area contributed by atoms with Crippen LogP contribution in [0.25, 0.3) is 0 Å². The van der Waals surface area contributed by atoms with Gasteiger partial charge in [0.25, 0.3) is 0 Å². The van der Waals surface area contributed by atoms with Crippen LogP contribution in [-0.2, 0) is 9.53 Å². The summed E-state index contributed by atoms with van der Waals surface area (Å²) in [6.07, 6.45) is -0.571. The van der Waals surface area contributed by atoms with Crippen LogP contribution >= 0.6 is 24.4 Å². The number of carbonyl (C=O) groups excluding carboxylic acids is 2. The molecule has 0 aromatic carbocycles. The molecule has 1 rings (SSSR count). The number of carbonyl (C=O) groups is 2. The summed E-state index contributed by atoms with van der Waals surface area (Å²) < 4.78 is 5.11. The fourth-order valence-electron chi connectivity index (χ4n) is 2.07. The van der Waals surface area contributed by atoms with E-state index in [0.717, 1.165) is 5.75 Å². The zero-order chi connectivity index (χ0) is 15.6. The molecule has 7 heteroatoms. The number of thiol groups is 1. The first kappa shape index (κ1) is 17.5. The average Bonchev–Trinajstić information content (AvgIpc) is 2.59. The number of amides is 2. The molecule has 0 spiro atoms. The number of rotatable bonds is 3. The van der Waals surface area contributed by atoms with Crippen molar-refractivity contribution in [3.8, 4) is 0 Å². The predicted octanol–water partition coefficient (Wildman–Crippen LogP) is 2.12. The largest absolute Gasteiger partial charge is 0.444 e. The molecular weight excluding hydrogens is 296 g/mol. The van der Waals surface area contributed by atoms with Crippen LogP contribution in [0.2, 0.25) is 0 Å². The van der Waals surface area contributed by atoms with Crippen molar-refractivity contribution in [1.29, 1.82) is 0 Å². The lowest BCUT2D eigenvalue weighted by molar-refractivity contribution is -0.133. The fourth-order valence-corrected chi connectivity index (χ4v) is 3.79. The van der Waals surface area contributed by atoms with Crippen LogP contribution < -0.4 is 5.32 Å². The van der Waals surface area contributed by atoms with Gasteiger partial charge in [0.2, 0.25) is 5.91 Å². The van der Waals surface area contributed by atoms with Crippen molar-refractivity contribution >= 4 is 36.4 Å². The molecule has 20 heavy (non-hydrogen) atoms. The highest BCUT2D eigenvalue weighted by Gasteiger charge is 2.42. The van der Waals surface area contributed by atoms with Gasteiger partial charge in [0.1, 0.15) is 12.1 Å². The Morgan fingerprint density at radius 3 is 2.55 bits per heavy atom. The molecule has 116 valence electrons. The maximum Gasteiger partial charge on any atom is 0.408 e. The third kappa shape index (κ3) is 4.77. The van der Waals surface area contributed by atoms with E-state index in [0.29, 0.717) is 5.75 Å². The van der Waals surface area contributed by atoms with Crippen LogP contribution in [0.1, 0.15) is 34.6 Å². The van der Waals surface area contributed by atoms with E-state index in [-0.39, 0.29) is 23.4 Å². The molecule has 0 unspecified atom stereocenters. The second-order valence-corrected chi connectivity index (χ2v) is 8.20. The molecule has 0 saturated carbocycles. The topological polar surface area (TPSA) is 58.6 Å². The lowest BCUT2D eigenvalue weighted by Gasteiger charge is -2.34. The van der Waals surface area contributed by atoms with Gasteiger partial charge in [0.05, 0.1) is 10.9 Å². The van der Waals surface area contributed by atoms with E-state index in [4.69, 9.17) is 4.74 Å². The molecule has 0 aromatic heterocycles. The molecule has 5 nitrogen and oxygen atoms in total. The second kappa shape index (κ2) is 6.47. The summed E-state index contributed by atoms with van der Waals surface area (Å²) in [5.74, 6) is 1.38. The molecular formula is C13H24N2O3S2. The Hall–Kier alpha value is -0.560. The van der Waals surface area contributed by atoms with Gasteiger partial charge in [0.15, 0.2) is 0 Å². The number of nitrogens with one attached hydrogen (secondary N) is 1. The van der Waals surface area contributed by atoms with Gasteiger partial charge in [0, 0.05) is 11.5 Å². The Kier molecular flexibility index (Phi) is 5.66. The first-order chi connectivity index (χ1) is 9.07. The first-order valence-electron chi connectivity index (χ1n) is 6.60. The summed E-state index contributed by atoms with van der Waals surface area (Å²) in [5.41, 5.74) is -0.566. The summed E-state index contributed by atoms with van der Waals surface area (Å²) in [4.78, 5) is 25.4. The second-order valence-electron chi connectivity index (χ2n) is 6.21. The zero-order valence-corrected chi connectivity index (χ0v) is 14.4. The van der Waals surface area contributed by atoms with E-state index in [1.807, 2.05) is 18.7 Å². The Labute approximate surface area is 130 Å². The molecule has 1 saturated heterocycles. The summed E-state index contributed by atoms with van der Waals surface area (Å²) in [5, 5.41) is 2.51. The van der Waals surface area contributed by atoms with Crippen LogP contribution in [0.15, 0.2) is 0 Å². The predicted molar refractivity (Wildman–Crippen MR) is 85.3 cm³/mol. The highest BCUT2D eigenvalue weighted by Crippen LogP contribution is 2.39. The van der Waals surface area contributed by atoms with Crippen LogP contribution in [0.5, 0.6) is 0 Å². The first-order valence-corrected chi connectivity index (χ1v) is 8.22. The van der Waals surface area contributed by atoms with E-state index in [1.54, 1.807) is 32.5 Å². The number of nitrogens with zero attached hydrogens (tertiary/aromatic N) is 1. The van der Waals surface area contributed by atoms with Crippen LogP contribution in [-0.4, -0.2) is 51.5 Å². The third-order valence-corrected chi connectivity index (χ3v) is 4.71. The van der Waals surface area contributed by atoms with Gasteiger partial charge in [-0.05, 0) is 34.6 Å². The molecule has 0 aromatic rings. The van der Waals surface area contributed by atoms with E-state index < -0.39 is 11.7 Å². The monoisotopic (exact) mass is 320 g/mol. The van der Waals surface area contributed by atoms with E-state index in [2.05, 4.69) is 17.9 Å². The summed E-state index contributed by atoms with van der Waals surface area (Å²) in [6.45, 7) is 9.31. The SMILES string of the molecule is CC(C)(C)OC(=O)NCC(=O)N1[C@H](CS)CSC1(C)C. The van der Waals surface area contributed by atoms with Crippen LogP contribution in [0, 0.1) is 0 Å². The van der Waals surface area contributed by atoms with Crippen molar-refractivity contribution in [2.75, 3.05) is 18.1 Å². The zero-order valence-electron chi connectivity index (χ0n) is 12.7. The van der Waals surface area contributed by atoms with E-state index >= 15 is 0 Å². The van der Waals surface area contributed by atoms with Gasteiger partial charge in [-0.1, -0.05) is 0 Å². The number of alkyl carbamates (subject to hydrolysis) is 1. The molecule has 2 amide bonds. The van der Waals surface area contributed by atoms with Crippen molar-refractivity contribution in [2.24, 2.45) is 0 Å². The van der Waals surface area contributed by atoms with Crippen molar-refractivity contribution < 1.29 is 14.3 Å². The highest BCUT2D eigenvalue weighted by molar-refractivity contribution is 8.00. The van der Waals surface area contributed by atoms with Crippen molar-refractivity contribution in [2.45, 2.75) is 51.1 Å². The lowest BCUT2D eigenvalue weighted by Crippen LogP contribution is -2.51. The third-order valence-electron chi connectivity index (χ3n) is 2.84. The minimum absolute atomic E-state index is 0.0524. The quantitative estimate of drug-likeness (QED) is 0.782. The van der Waals surface area contributed by atoms with Gasteiger partial charge in [-0.25, -0.2) is 4.79 Å². The molecule has 0 aliphatic carbocycles. The number of hydrogen-bond acceptors (Lipinski definition) is 5. The Morgan fingerprint density at radius 1 is 1.45 bits per heavy atom. The Balaban J connectivity index is 2.56. The molecule has 1 heterocycles. The summed E-state index contributed by atoms with van der Waals surface area (Å²) in [6, 6.07) is 0.103. The van der Waals surface area contributed by atoms with Crippen molar-refractivity contribution in [3.05, 3.63) is 0 Å². The highest BCUT2D eigenvalue weighted by atomic mass is 32.2. The van der Waals surface area contributed by atoms with E-state index in [9.17, 15) is 9.59 Å². The molecule has 1 N–H and O–H groups in total. The molecule has 0 radical (unpaired) electrons. The average molecular weight is 320 g/mol. The van der Waals surface area contributed by atoms with E-state index in [1.165, 1.54) is 0 Å². The summed E-state index contributed by atoms with van der Waals surface area (Å²) >= 11 is 6.02. The maximum atomic E-state index is 12.3. The molecule has 1 fully saturated rings. The van der Waals surface area contributed by atoms with Gasteiger partial charge in [-0.15, -0.1) is 11.8 Å².